The van der Waals surface area contributed by atoms with Crippen LogP contribution in [0, 0.1) is 5.82 Å². The van der Waals surface area contributed by atoms with Crippen molar-refractivity contribution in [3.63, 3.8) is 0 Å². The lowest BCUT2D eigenvalue weighted by molar-refractivity contribution is -0.158. The Morgan fingerprint density at radius 3 is 2.67 bits per heavy atom. The van der Waals surface area contributed by atoms with Gasteiger partial charge in [-0.05, 0) is 67.5 Å². The van der Waals surface area contributed by atoms with Crippen LogP contribution >= 0.6 is 0 Å². The van der Waals surface area contributed by atoms with Crippen LogP contribution in [0.3, 0.4) is 0 Å². The van der Waals surface area contributed by atoms with Crippen LogP contribution < -0.4 is 4.74 Å². The number of rotatable bonds is 5. The smallest absolute Gasteiger partial charge is 0.394 e. The Bertz CT molecular complexity index is 1220. The summed E-state index contributed by atoms with van der Waals surface area (Å²) in [4.78, 5) is 9.42. The van der Waals surface area contributed by atoms with Crippen molar-refractivity contribution in [3.05, 3.63) is 53.5 Å². The minimum atomic E-state index is -3.42. The molecule has 0 unspecified atom stereocenters. The molecule has 3 aromatic rings. The second-order valence-electron chi connectivity index (χ2n) is 9.17. The van der Waals surface area contributed by atoms with Crippen molar-refractivity contribution in [2.45, 2.75) is 70.5 Å². The summed E-state index contributed by atoms with van der Waals surface area (Å²) in [5, 5.41) is 5.37. The molecule has 33 heavy (non-hydrogen) atoms. The van der Waals surface area contributed by atoms with Gasteiger partial charge in [-0.3, -0.25) is 0 Å². The monoisotopic (exact) mass is 456 g/mol. The van der Waals surface area contributed by atoms with Crippen molar-refractivity contribution in [2.24, 2.45) is 5.16 Å². The van der Waals surface area contributed by atoms with Gasteiger partial charge in [-0.2, -0.15) is 8.78 Å². The minimum Gasteiger partial charge on any atom is -0.432 e. The topological polar surface area (TPSA) is 46.6 Å². The van der Waals surface area contributed by atoms with Gasteiger partial charge in [0.05, 0.1) is 11.3 Å². The van der Waals surface area contributed by atoms with E-state index in [4.69, 9.17) is 9.57 Å². The van der Waals surface area contributed by atoms with Crippen LogP contribution in [0.1, 0.15) is 63.6 Å². The van der Waals surface area contributed by atoms with E-state index in [1.165, 1.54) is 24.6 Å². The summed E-state index contributed by atoms with van der Waals surface area (Å²) < 4.78 is 46.7. The molecule has 1 aromatic heterocycles. The number of hydrogen-bond acceptors (Lipinski definition) is 3. The molecule has 2 aliphatic rings. The third-order valence-corrected chi connectivity index (χ3v) is 6.71. The van der Waals surface area contributed by atoms with E-state index in [1.807, 2.05) is 12.1 Å². The second kappa shape index (κ2) is 8.12. The molecule has 5 rings (SSSR count). The van der Waals surface area contributed by atoms with Gasteiger partial charge in [-0.25, -0.2) is 4.39 Å². The Balaban J connectivity index is 1.55. The van der Waals surface area contributed by atoms with Crippen LogP contribution in [0.5, 0.6) is 5.75 Å². The Morgan fingerprint density at radius 1 is 1.15 bits per heavy atom. The maximum Gasteiger partial charge on any atom is 0.394 e. The van der Waals surface area contributed by atoms with Crippen molar-refractivity contribution in [1.29, 1.82) is 0 Å². The quantitative estimate of drug-likeness (QED) is 0.436. The third-order valence-electron chi connectivity index (χ3n) is 6.71. The first-order valence-electron chi connectivity index (χ1n) is 11.5. The van der Waals surface area contributed by atoms with Gasteiger partial charge < -0.3 is 14.6 Å². The zero-order valence-corrected chi connectivity index (χ0v) is 18.8. The predicted molar refractivity (Wildman–Crippen MR) is 122 cm³/mol. The van der Waals surface area contributed by atoms with Gasteiger partial charge in [0.15, 0.2) is 0 Å². The Morgan fingerprint density at radius 2 is 1.94 bits per heavy atom. The highest BCUT2D eigenvalue weighted by molar-refractivity contribution is 6.06. The van der Waals surface area contributed by atoms with Gasteiger partial charge in [0.25, 0.3) is 0 Å². The van der Waals surface area contributed by atoms with Gasteiger partial charge in [-0.1, -0.05) is 30.6 Å². The number of halogens is 3. The van der Waals surface area contributed by atoms with Gasteiger partial charge in [0.2, 0.25) is 0 Å². The highest BCUT2D eigenvalue weighted by atomic mass is 19.3. The molecule has 2 aromatic carbocycles. The van der Waals surface area contributed by atoms with Crippen LogP contribution in [0.4, 0.5) is 13.2 Å². The van der Waals surface area contributed by atoms with Gasteiger partial charge >= 0.3 is 6.11 Å². The van der Waals surface area contributed by atoms with Crippen LogP contribution in [0.25, 0.3) is 22.0 Å². The summed E-state index contributed by atoms with van der Waals surface area (Å²) in [5.74, 6) is -0.804. The van der Waals surface area contributed by atoms with Crippen molar-refractivity contribution in [1.82, 2.24) is 4.98 Å². The first kappa shape index (κ1) is 21.9. The van der Waals surface area contributed by atoms with E-state index in [9.17, 15) is 13.2 Å². The molecule has 174 valence electrons. The highest BCUT2D eigenvalue weighted by Gasteiger charge is 2.41. The fourth-order valence-electron chi connectivity index (χ4n) is 5.20. The molecular formula is C26H27F3N2O2. The van der Waals surface area contributed by atoms with Crippen LogP contribution in [0.2, 0.25) is 0 Å². The molecule has 0 saturated heterocycles. The zero-order valence-electron chi connectivity index (χ0n) is 18.8. The van der Waals surface area contributed by atoms with E-state index in [0.29, 0.717) is 12.5 Å². The van der Waals surface area contributed by atoms with E-state index >= 15 is 0 Å². The number of aromatic nitrogens is 1. The summed E-state index contributed by atoms with van der Waals surface area (Å²) in [7, 11) is 0. The molecule has 4 nitrogen and oxygen atoms in total. The summed E-state index contributed by atoms with van der Waals surface area (Å²) in [6, 6.07) is 9.37. The molecule has 0 amide bonds. The number of aryl methyl sites for hydroxylation is 1. The molecule has 1 spiro atoms. The molecule has 1 N–H and O–H groups in total. The molecule has 0 bridgehead atoms. The number of aromatic amines is 1. The number of fused-ring (bicyclic) bond motifs is 1. The normalized spacial score (nSPS) is 17.9. The third kappa shape index (κ3) is 4.09. The highest BCUT2D eigenvalue weighted by Crippen LogP contribution is 2.41. The maximum absolute atomic E-state index is 14.8. The van der Waals surface area contributed by atoms with Gasteiger partial charge in [0.1, 0.15) is 22.9 Å². The predicted octanol–water partition coefficient (Wildman–Crippen LogP) is 7.36. The van der Waals surface area contributed by atoms with Crippen molar-refractivity contribution >= 4 is 16.6 Å². The molecule has 7 heteroatoms. The van der Waals surface area contributed by atoms with E-state index in [2.05, 4.69) is 17.1 Å². The maximum atomic E-state index is 14.8. The number of benzene rings is 2. The lowest BCUT2D eigenvalue weighted by Gasteiger charge is -2.30. The van der Waals surface area contributed by atoms with Crippen molar-refractivity contribution in [3.8, 4) is 16.9 Å². The van der Waals surface area contributed by atoms with Crippen LogP contribution in [-0.2, 0) is 11.3 Å². The fourth-order valence-corrected chi connectivity index (χ4v) is 5.20. The SMILES string of the molecule is CCc1c(C2=NOC3(CCCCC3)C2)[nH]c2ccc(-c3c(F)cccc3OC(C)(F)F)cc12. The fraction of sp³-hybridized carbons (Fsp3) is 0.423. The average Bonchev–Trinajstić information content (AvgIpc) is 3.34. The molecule has 1 aliphatic carbocycles. The standard InChI is InChI=1S/C26H27F3N2O2/c1-3-17-18-14-16(23-19(27)8-7-9-22(23)32-25(2,28)29)10-11-20(18)30-24(17)21-15-26(33-31-21)12-5-4-6-13-26/h7-11,14,30H,3-6,12-13,15H2,1-2H3. The Hall–Kier alpha value is -2.96. The largest absolute Gasteiger partial charge is 0.432 e. The van der Waals surface area contributed by atoms with E-state index in [-0.39, 0.29) is 16.9 Å². The van der Waals surface area contributed by atoms with Gasteiger partial charge in [0, 0.05) is 24.2 Å². The summed E-state index contributed by atoms with van der Waals surface area (Å²) >= 11 is 0. The van der Waals surface area contributed by atoms with E-state index < -0.39 is 11.9 Å². The lowest BCUT2D eigenvalue weighted by Crippen LogP contribution is -2.31. The molecule has 2 heterocycles. The van der Waals surface area contributed by atoms with E-state index in [0.717, 1.165) is 66.4 Å². The number of oxime groups is 1. The summed E-state index contributed by atoms with van der Waals surface area (Å²) in [5.41, 5.74) is 4.11. The van der Waals surface area contributed by atoms with Crippen molar-refractivity contribution in [2.75, 3.05) is 0 Å². The number of ether oxygens (including phenoxy) is 1. The van der Waals surface area contributed by atoms with Gasteiger partial charge in [-0.15, -0.1) is 0 Å². The first-order chi connectivity index (χ1) is 15.8. The number of H-pyrrole nitrogens is 1. The van der Waals surface area contributed by atoms with Crippen LogP contribution in [0.15, 0.2) is 41.6 Å². The number of nitrogens with zero attached hydrogens (tertiary/aromatic N) is 1. The Labute approximate surface area is 190 Å². The molecular weight excluding hydrogens is 429 g/mol. The molecule has 0 atom stereocenters. The summed E-state index contributed by atoms with van der Waals surface area (Å²) in [6.45, 7) is 2.70. The molecule has 1 saturated carbocycles. The number of hydrogen-bond donors (Lipinski definition) is 1. The zero-order chi connectivity index (χ0) is 23.2. The Kier molecular flexibility index (Phi) is 5.38. The summed E-state index contributed by atoms with van der Waals surface area (Å²) in [6.07, 6.45) is 3.68. The lowest BCUT2D eigenvalue weighted by atomic mass is 9.81. The number of alkyl halides is 2. The van der Waals surface area contributed by atoms with E-state index in [1.54, 1.807) is 6.07 Å². The van der Waals surface area contributed by atoms with Crippen LogP contribution in [-0.4, -0.2) is 22.4 Å². The first-order valence-corrected chi connectivity index (χ1v) is 11.5. The minimum absolute atomic E-state index is 0.0217. The molecule has 1 aliphatic heterocycles. The van der Waals surface area contributed by atoms with Crippen molar-refractivity contribution < 1.29 is 22.7 Å². The average molecular weight is 457 g/mol. The molecule has 0 radical (unpaired) electrons. The second-order valence-corrected chi connectivity index (χ2v) is 9.17. The molecule has 1 fully saturated rings. The number of nitrogens with one attached hydrogen (secondary N) is 1.